The summed E-state index contributed by atoms with van der Waals surface area (Å²) in [5.41, 5.74) is 1.26. The molecule has 2 aliphatic rings. The van der Waals surface area contributed by atoms with E-state index in [4.69, 9.17) is 0 Å². The van der Waals surface area contributed by atoms with E-state index in [0.717, 1.165) is 45.4 Å². The smallest absolute Gasteiger partial charge is 0.223 e. The molecule has 1 aromatic carbocycles. The van der Waals surface area contributed by atoms with Crippen molar-refractivity contribution >= 4 is 23.3 Å². The van der Waals surface area contributed by atoms with E-state index in [1.807, 2.05) is 0 Å². The highest BCUT2D eigenvalue weighted by Gasteiger charge is 2.37. The van der Waals surface area contributed by atoms with Crippen LogP contribution in [0.5, 0.6) is 0 Å². The molecule has 0 unspecified atom stereocenters. The number of carbonyl (C=O) groups is 1. The summed E-state index contributed by atoms with van der Waals surface area (Å²) < 4.78 is 0. The zero-order valence-corrected chi connectivity index (χ0v) is 17.3. The van der Waals surface area contributed by atoms with Gasteiger partial charge in [0.2, 0.25) is 5.91 Å². The van der Waals surface area contributed by atoms with Gasteiger partial charge in [0.1, 0.15) is 0 Å². The summed E-state index contributed by atoms with van der Waals surface area (Å²) in [5, 5.41) is 2.10. The van der Waals surface area contributed by atoms with Crippen molar-refractivity contribution in [1.29, 1.82) is 0 Å². The number of carbonyl (C=O) groups excluding carboxylic acids is 1. The highest BCUT2D eigenvalue weighted by molar-refractivity contribution is 7.09. The molecule has 28 heavy (non-hydrogen) atoms. The molecule has 2 aromatic rings. The first kappa shape index (κ1) is 19.4. The molecule has 148 valence electrons. The lowest BCUT2D eigenvalue weighted by atomic mass is 9.83. The molecule has 2 saturated heterocycles. The standard InChI is InChI=1S/C24H30N2OS/c27-24(13-12-22-11-6-18-28-22)26-16-5-10-21-19-25(17-14-23(21)26)15-4-9-20-7-2-1-3-8-20/h1-4,6-9,11,18,21,23H,5,10,12-17,19H2/t21-,23-/m1/s1. The van der Waals surface area contributed by atoms with Crippen LogP contribution >= 0.6 is 11.3 Å². The fourth-order valence-electron chi connectivity index (χ4n) is 4.68. The normalized spacial score (nSPS) is 23.1. The summed E-state index contributed by atoms with van der Waals surface area (Å²) >= 11 is 1.76. The Labute approximate surface area is 172 Å². The molecule has 3 heterocycles. The summed E-state index contributed by atoms with van der Waals surface area (Å²) in [5.74, 6) is 0.999. The third kappa shape index (κ3) is 4.92. The van der Waals surface area contributed by atoms with E-state index in [1.54, 1.807) is 11.3 Å². The molecule has 0 N–H and O–H groups in total. The zero-order chi connectivity index (χ0) is 19.2. The second kappa shape index (κ2) is 9.53. The van der Waals surface area contributed by atoms with Crippen LogP contribution in [0.25, 0.3) is 6.08 Å². The molecule has 0 bridgehead atoms. The van der Waals surface area contributed by atoms with Crippen molar-refractivity contribution in [2.45, 2.75) is 38.1 Å². The predicted molar refractivity (Wildman–Crippen MR) is 117 cm³/mol. The van der Waals surface area contributed by atoms with Crippen LogP contribution in [-0.2, 0) is 11.2 Å². The number of hydrogen-bond acceptors (Lipinski definition) is 3. The van der Waals surface area contributed by atoms with E-state index < -0.39 is 0 Å². The van der Waals surface area contributed by atoms with Gasteiger partial charge >= 0.3 is 0 Å². The molecule has 2 fully saturated rings. The third-order valence-corrected chi connectivity index (χ3v) is 7.05. The highest BCUT2D eigenvalue weighted by atomic mass is 32.1. The molecular formula is C24H30N2OS. The van der Waals surface area contributed by atoms with Gasteiger partial charge in [0.15, 0.2) is 0 Å². The van der Waals surface area contributed by atoms with E-state index in [-0.39, 0.29) is 0 Å². The Bertz CT molecular complexity index is 771. The summed E-state index contributed by atoms with van der Waals surface area (Å²) in [6.45, 7) is 4.18. The molecule has 2 aliphatic heterocycles. The molecule has 0 aliphatic carbocycles. The minimum atomic E-state index is 0.362. The maximum absolute atomic E-state index is 12.9. The van der Waals surface area contributed by atoms with E-state index in [2.05, 4.69) is 69.8 Å². The first-order valence-corrected chi connectivity index (χ1v) is 11.4. The lowest BCUT2D eigenvalue weighted by Gasteiger charge is -2.47. The van der Waals surface area contributed by atoms with Crippen molar-refractivity contribution in [2.75, 3.05) is 26.2 Å². The number of likely N-dealkylation sites (tertiary alicyclic amines) is 2. The van der Waals surface area contributed by atoms with Crippen molar-refractivity contribution in [3.05, 3.63) is 64.4 Å². The van der Waals surface area contributed by atoms with Gasteiger partial charge in [-0.25, -0.2) is 0 Å². The van der Waals surface area contributed by atoms with Crippen LogP contribution < -0.4 is 0 Å². The number of aryl methyl sites for hydroxylation is 1. The number of nitrogens with zero attached hydrogens (tertiary/aromatic N) is 2. The molecule has 0 spiro atoms. The van der Waals surface area contributed by atoms with Gasteiger partial charge in [-0.3, -0.25) is 9.69 Å². The van der Waals surface area contributed by atoms with Crippen LogP contribution in [-0.4, -0.2) is 47.9 Å². The molecule has 0 radical (unpaired) electrons. The number of piperidine rings is 2. The van der Waals surface area contributed by atoms with Gasteiger partial charge in [0.25, 0.3) is 0 Å². The van der Waals surface area contributed by atoms with Crippen LogP contribution in [0.4, 0.5) is 0 Å². The van der Waals surface area contributed by atoms with Gasteiger partial charge in [-0.15, -0.1) is 11.3 Å². The van der Waals surface area contributed by atoms with Crippen LogP contribution in [0.2, 0.25) is 0 Å². The number of hydrogen-bond donors (Lipinski definition) is 0. The summed E-state index contributed by atoms with van der Waals surface area (Å²) in [4.78, 5) is 19.0. The molecule has 4 rings (SSSR count). The van der Waals surface area contributed by atoms with E-state index in [9.17, 15) is 4.79 Å². The molecule has 2 atom stereocenters. The fraction of sp³-hybridized carbons (Fsp3) is 0.458. The Balaban J connectivity index is 1.28. The monoisotopic (exact) mass is 394 g/mol. The number of thiophene rings is 1. The van der Waals surface area contributed by atoms with Gasteiger partial charge in [-0.05, 0) is 48.6 Å². The van der Waals surface area contributed by atoms with Gasteiger partial charge in [0, 0.05) is 43.5 Å². The summed E-state index contributed by atoms with van der Waals surface area (Å²) in [6.07, 6.45) is 9.58. The molecule has 1 amide bonds. The van der Waals surface area contributed by atoms with Crippen LogP contribution in [0.15, 0.2) is 53.9 Å². The van der Waals surface area contributed by atoms with Gasteiger partial charge in [0.05, 0.1) is 0 Å². The van der Waals surface area contributed by atoms with Crippen molar-refractivity contribution < 1.29 is 4.79 Å². The Kier molecular flexibility index (Phi) is 6.61. The van der Waals surface area contributed by atoms with E-state index >= 15 is 0 Å². The Morgan fingerprint density at radius 3 is 2.82 bits per heavy atom. The number of fused-ring (bicyclic) bond motifs is 1. The lowest BCUT2D eigenvalue weighted by molar-refractivity contribution is -0.138. The topological polar surface area (TPSA) is 23.6 Å². The molecule has 1 aromatic heterocycles. The first-order chi connectivity index (χ1) is 13.8. The average Bonchev–Trinajstić information content (AvgIpc) is 3.26. The summed E-state index contributed by atoms with van der Waals surface area (Å²) in [7, 11) is 0. The largest absolute Gasteiger partial charge is 0.339 e. The van der Waals surface area contributed by atoms with Crippen molar-refractivity contribution in [3.63, 3.8) is 0 Å². The third-order valence-electron chi connectivity index (χ3n) is 6.11. The van der Waals surface area contributed by atoms with Crippen LogP contribution in [0, 0.1) is 5.92 Å². The average molecular weight is 395 g/mol. The maximum Gasteiger partial charge on any atom is 0.223 e. The van der Waals surface area contributed by atoms with Gasteiger partial charge < -0.3 is 4.90 Å². The Morgan fingerprint density at radius 2 is 2.00 bits per heavy atom. The second-order valence-corrected chi connectivity index (χ2v) is 9.03. The van der Waals surface area contributed by atoms with Gasteiger partial charge in [-0.1, -0.05) is 48.6 Å². The van der Waals surface area contributed by atoms with Crippen molar-refractivity contribution in [3.8, 4) is 0 Å². The van der Waals surface area contributed by atoms with Crippen molar-refractivity contribution in [1.82, 2.24) is 9.80 Å². The molecule has 0 saturated carbocycles. The van der Waals surface area contributed by atoms with E-state index in [1.165, 1.54) is 16.9 Å². The predicted octanol–water partition coefficient (Wildman–Crippen LogP) is 4.71. The van der Waals surface area contributed by atoms with Gasteiger partial charge in [-0.2, -0.15) is 0 Å². The van der Waals surface area contributed by atoms with Crippen LogP contribution in [0.3, 0.4) is 0 Å². The summed E-state index contributed by atoms with van der Waals surface area (Å²) in [6, 6.07) is 15.2. The molecular weight excluding hydrogens is 364 g/mol. The lowest BCUT2D eigenvalue weighted by Crippen LogP contribution is -2.55. The SMILES string of the molecule is O=C(CCc1cccs1)N1CCC[C@@H]2CN(CC=Cc3ccccc3)CC[C@H]21. The zero-order valence-electron chi connectivity index (χ0n) is 16.5. The van der Waals surface area contributed by atoms with Crippen molar-refractivity contribution in [2.24, 2.45) is 5.92 Å². The Morgan fingerprint density at radius 1 is 1.11 bits per heavy atom. The second-order valence-electron chi connectivity index (χ2n) is 8.00. The minimum absolute atomic E-state index is 0.362. The quantitative estimate of drug-likeness (QED) is 0.709. The fourth-order valence-corrected chi connectivity index (χ4v) is 5.39. The first-order valence-electron chi connectivity index (χ1n) is 10.6. The number of amides is 1. The maximum atomic E-state index is 12.9. The minimum Gasteiger partial charge on any atom is -0.339 e. The van der Waals surface area contributed by atoms with Crippen LogP contribution in [0.1, 0.15) is 36.1 Å². The molecule has 3 nitrogen and oxygen atoms in total. The number of benzene rings is 1. The molecule has 4 heteroatoms. The van der Waals surface area contributed by atoms with E-state index in [0.29, 0.717) is 24.3 Å². The Hall–Kier alpha value is -1.91. The highest BCUT2D eigenvalue weighted by Crippen LogP contribution is 2.31. The number of rotatable bonds is 6.